The van der Waals surface area contributed by atoms with E-state index in [0.29, 0.717) is 0 Å². The van der Waals surface area contributed by atoms with Gasteiger partial charge in [0.1, 0.15) is 0 Å². The van der Waals surface area contributed by atoms with Crippen molar-refractivity contribution in [2.45, 2.75) is 96.1 Å². The fraction of sp³-hybridized carbons (Fsp3) is 0.882. The van der Waals surface area contributed by atoms with Crippen LogP contribution in [0.15, 0.2) is 11.5 Å². The van der Waals surface area contributed by atoms with Gasteiger partial charge in [0.25, 0.3) is 0 Å². The van der Waals surface area contributed by atoms with Gasteiger partial charge < -0.3 is 14.0 Å². The minimum Gasteiger partial charge on any atom is -0.400 e. The van der Waals surface area contributed by atoms with Gasteiger partial charge in [-0.25, -0.2) is 0 Å². The third kappa shape index (κ3) is 2.71. The van der Waals surface area contributed by atoms with E-state index in [1.54, 1.807) is 0 Å². The van der Waals surface area contributed by atoms with Gasteiger partial charge in [-0.3, -0.25) is 0 Å². The lowest BCUT2D eigenvalue weighted by Crippen LogP contribution is -2.41. The summed E-state index contributed by atoms with van der Waals surface area (Å²) in [5, 5.41) is 0. The molecule has 0 amide bonds. The van der Waals surface area contributed by atoms with E-state index in [1.807, 2.05) is 0 Å². The van der Waals surface area contributed by atoms with Crippen LogP contribution in [-0.4, -0.2) is 29.5 Å². The van der Waals surface area contributed by atoms with E-state index in [-0.39, 0.29) is 29.5 Å². The van der Waals surface area contributed by atoms with Crippen molar-refractivity contribution in [1.82, 2.24) is 0 Å². The summed E-state index contributed by atoms with van der Waals surface area (Å²) in [5.41, 5.74) is 0.901. The number of allylic oxidation sites excluding steroid dienone is 1. The second-order valence-corrected chi connectivity index (χ2v) is 8.62. The Morgan fingerprint density at radius 1 is 0.905 bits per heavy atom. The van der Waals surface area contributed by atoms with Crippen molar-refractivity contribution in [1.29, 1.82) is 0 Å². The molecule has 3 rings (SSSR count). The summed E-state index contributed by atoms with van der Waals surface area (Å²) in [7, 11) is -0.179. The zero-order valence-electron chi connectivity index (χ0n) is 14.4. The normalized spacial score (nSPS) is 37.0. The Bertz CT molecular complexity index is 451. The lowest BCUT2D eigenvalue weighted by molar-refractivity contribution is -0.0897. The van der Waals surface area contributed by atoms with Crippen LogP contribution in [0.3, 0.4) is 0 Å². The van der Waals surface area contributed by atoms with Gasteiger partial charge in [0.2, 0.25) is 0 Å². The molecule has 0 aromatic carbocycles. The number of ether oxygens (including phenoxy) is 1. The molecule has 1 aliphatic carbocycles. The first-order chi connectivity index (χ1) is 9.54. The fourth-order valence-electron chi connectivity index (χ4n) is 3.64. The van der Waals surface area contributed by atoms with Crippen molar-refractivity contribution in [3.8, 4) is 0 Å². The van der Waals surface area contributed by atoms with Crippen molar-refractivity contribution < 1.29 is 14.0 Å². The van der Waals surface area contributed by atoms with Crippen LogP contribution >= 0.6 is 0 Å². The van der Waals surface area contributed by atoms with Gasteiger partial charge in [-0.1, -0.05) is 6.08 Å². The van der Waals surface area contributed by atoms with Gasteiger partial charge >= 0.3 is 7.12 Å². The molecule has 4 heteroatoms. The smallest absolute Gasteiger partial charge is 0.400 e. The van der Waals surface area contributed by atoms with Gasteiger partial charge in [0, 0.05) is 0 Å². The summed E-state index contributed by atoms with van der Waals surface area (Å²) in [6.07, 6.45) is 7.75. The average molecular weight is 292 g/mol. The van der Waals surface area contributed by atoms with E-state index < -0.39 is 0 Å². The van der Waals surface area contributed by atoms with E-state index in [4.69, 9.17) is 14.0 Å². The molecule has 21 heavy (non-hydrogen) atoms. The first-order valence-electron chi connectivity index (χ1n) is 8.29. The lowest BCUT2D eigenvalue weighted by Gasteiger charge is -2.35. The summed E-state index contributed by atoms with van der Waals surface area (Å²) in [5.74, 6) is 0. The van der Waals surface area contributed by atoms with E-state index in [2.05, 4.69) is 47.6 Å². The summed E-state index contributed by atoms with van der Waals surface area (Å²) in [6.45, 7) is 12.9. The van der Waals surface area contributed by atoms with Crippen LogP contribution in [0.5, 0.6) is 0 Å². The molecule has 0 N–H and O–H groups in total. The Hall–Kier alpha value is -0.315. The summed E-state index contributed by atoms with van der Waals surface area (Å²) < 4.78 is 18.7. The van der Waals surface area contributed by atoms with Crippen molar-refractivity contribution in [2.24, 2.45) is 0 Å². The lowest BCUT2D eigenvalue weighted by atomic mass is 9.69. The third-order valence-electron chi connectivity index (χ3n) is 5.84. The first kappa shape index (κ1) is 15.6. The Balaban J connectivity index is 1.70. The highest BCUT2D eigenvalue weighted by Crippen LogP contribution is 2.47. The van der Waals surface area contributed by atoms with Crippen LogP contribution < -0.4 is 0 Å². The van der Waals surface area contributed by atoms with Crippen molar-refractivity contribution in [3.63, 3.8) is 0 Å². The number of hydrogen-bond donors (Lipinski definition) is 0. The van der Waals surface area contributed by atoms with Gasteiger partial charge in [0.05, 0.1) is 22.4 Å². The molecule has 0 bridgehead atoms. The van der Waals surface area contributed by atoms with Crippen LogP contribution in [0, 0.1) is 0 Å². The van der Waals surface area contributed by atoms with Gasteiger partial charge in [-0.15, -0.1) is 0 Å². The Morgan fingerprint density at radius 2 is 1.52 bits per heavy atom. The second-order valence-electron chi connectivity index (χ2n) is 8.62. The van der Waals surface area contributed by atoms with Crippen molar-refractivity contribution in [3.05, 3.63) is 11.5 Å². The standard InChI is InChI=1S/C17H29BO3/c1-14(2)11-12-17(19-14)9-7-13(8-10-17)18-20-15(3,4)16(5,6)21-18/h7H,8-12H2,1-6H3. The molecule has 3 nitrogen and oxygen atoms in total. The van der Waals surface area contributed by atoms with Crippen LogP contribution in [-0.2, 0) is 14.0 Å². The van der Waals surface area contributed by atoms with Crippen LogP contribution in [0.4, 0.5) is 0 Å². The summed E-state index contributed by atoms with van der Waals surface area (Å²) in [6, 6.07) is 0. The minimum atomic E-state index is -0.251. The molecule has 2 aliphatic heterocycles. The Morgan fingerprint density at radius 3 is 1.95 bits per heavy atom. The molecule has 0 saturated carbocycles. The maximum Gasteiger partial charge on any atom is 0.490 e. The molecule has 2 heterocycles. The molecule has 0 radical (unpaired) electrons. The molecular formula is C17H29BO3. The second kappa shape index (κ2) is 4.59. The highest BCUT2D eigenvalue weighted by molar-refractivity contribution is 6.54. The molecule has 3 aliphatic rings. The monoisotopic (exact) mass is 292 g/mol. The van der Waals surface area contributed by atoms with Crippen molar-refractivity contribution in [2.75, 3.05) is 0 Å². The van der Waals surface area contributed by atoms with Crippen molar-refractivity contribution >= 4 is 7.12 Å². The average Bonchev–Trinajstić information content (AvgIpc) is 2.75. The fourth-order valence-corrected chi connectivity index (χ4v) is 3.64. The molecule has 1 unspecified atom stereocenters. The highest BCUT2D eigenvalue weighted by atomic mass is 16.7. The Kier molecular flexibility index (Phi) is 3.41. The number of rotatable bonds is 1. The summed E-state index contributed by atoms with van der Waals surface area (Å²) >= 11 is 0. The van der Waals surface area contributed by atoms with Crippen LogP contribution in [0.2, 0.25) is 0 Å². The Labute approximate surface area is 129 Å². The maximum atomic E-state index is 6.34. The van der Waals surface area contributed by atoms with Gasteiger partial charge in [0.15, 0.2) is 0 Å². The molecule has 0 aromatic heterocycles. The van der Waals surface area contributed by atoms with E-state index in [1.165, 1.54) is 11.9 Å². The molecule has 2 fully saturated rings. The SMILES string of the molecule is CC1(C)CCC2(CC=C(B3OC(C)(C)C(C)(C)O3)CC2)O1. The largest absolute Gasteiger partial charge is 0.490 e. The molecule has 118 valence electrons. The zero-order valence-corrected chi connectivity index (χ0v) is 14.4. The molecular weight excluding hydrogens is 263 g/mol. The first-order valence-corrected chi connectivity index (χ1v) is 8.29. The maximum absolute atomic E-state index is 6.34. The zero-order chi connectivity index (χ0) is 15.5. The molecule has 1 spiro atoms. The highest BCUT2D eigenvalue weighted by Gasteiger charge is 2.53. The van der Waals surface area contributed by atoms with E-state index >= 15 is 0 Å². The van der Waals surface area contributed by atoms with E-state index in [0.717, 1.165) is 25.7 Å². The molecule has 1 atom stereocenters. The third-order valence-corrected chi connectivity index (χ3v) is 5.84. The predicted molar refractivity (Wildman–Crippen MR) is 85.1 cm³/mol. The molecule has 2 saturated heterocycles. The van der Waals surface area contributed by atoms with E-state index in [9.17, 15) is 0 Å². The quantitative estimate of drug-likeness (QED) is 0.682. The van der Waals surface area contributed by atoms with Crippen LogP contribution in [0.25, 0.3) is 0 Å². The van der Waals surface area contributed by atoms with Gasteiger partial charge in [-0.05, 0) is 79.1 Å². The van der Waals surface area contributed by atoms with Crippen LogP contribution in [0.1, 0.15) is 73.6 Å². The molecule has 0 aromatic rings. The minimum absolute atomic E-state index is 0.0374. The predicted octanol–water partition coefficient (Wildman–Crippen LogP) is 4.06. The topological polar surface area (TPSA) is 27.7 Å². The van der Waals surface area contributed by atoms with Gasteiger partial charge in [-0.2, -0.15) is 0 Å². The number of hydrogen-bond acceptors (Lipinski definition) is 3. The summed E-state index contributed by atoms with van der Waals surface area (Å²) in [4.78, 5) is 0.